The van der Waals surface area contributed by atoms with Gasteiger partial charge in [-0.25, -0.2) is 14.4 Å². The summed E-state index contributed by atoms with van der Waals surface area (Å²) in [6.07, 6.45) is -1.06. The van der Waals surface area contributed by atoms with Gasteiger partial charge >= 0.3 is 71.6 Å². The first-order valence-corrected chi connectivity index (χ1v) is 21.7. The number of carbonyl (C=O) groups excluding carboxylic acids is 4. The number of benzene rings is 1. The quantitative estimate of drug-likeness (QED) is 0.110. The third kappa shape index (κ3) is 6.48. The maximum Gasteiger partial charge on any atom is 0.342 e. The first-order valence-electron chi connectivity index (χ1n) is 21.7. The van der Waals surface area contributed by atoms with Gasteiger partial charge in [0.05, 0.1) is 63.0 Å². The Kier molecular flexibility index (Phi) is 10.1. The van der Waals surface area contributed by atoms with E-state index in [4.69, 9.17) is 9.47 Å². The van der Waals surface area contributed by atoms with E-state index in [2.05, 4.69) is 0 Å². The summed E-state index contributed by atoms with van der Waals surface area (Å²) < 4.78 is 10.9. The highest BCUT2D eigenvalue weighted by molar-refractivity contribution is 6.12. The minimum atomic E-state index is -2.24. The van der Waals surface area contributed by atoms with Crippen molar-refractivity contribution in [3.05, 3.63) is 40.0 Å². The van der Waals surface area contributed by atoms with E-state index in [0.29, 0.717) is 0 Å². The molecule has 0 amide bonds. The molecule has 1 aromatic rings. The molecule has 22 nitrogen and oxygen atoms in total. The number of ether oxygens (including phenoxy) is 2. The van der Waals surface area contributed by atoms with Gasteiger partial charge in [-0.1, -0.05) is 0 Å². The standard InChI is InChI=1S/C45H42O22/c46-31(47)19-1-13-4-25(37(58)59)43(10-28(43)16(13)7-22(19)34(52)53)40(63)66-39(62)27-6-15-3-21(33(50)51)24(36(56)57)9-18(15)30-12-45(27,30)42(65)67-41(64)44-11-29(44)17-8-23(35(54)55)20(32(48)49)2-14(17)5-26(44)38(60)61/h3,6,9,13-14,16-17,19-20,22-23,25-26,28-30H,1-2,4-5,7-8,10-12H2,(H,46,47)(H,48,49)(H,50,51)(H,52,53)(H,54,55)(H,56,57)(H,58,59)(H,60,61). The summed E-state index contributed by atoms with van der Waals surface area (Å²) in [7, 11) is 0. The Morgan fingerprint density at radius 2 is 0.896 bits per heavy atom. The van der Waals surface area contributed by atoms with Crippen LogP contribution in [0.25, 0.3) is 6.08 Å². The molecule has 0 aliphatic heterocycles. The second-order valence-electron chi connectivity index (χ2n) is 19.8. The Hall–Kier alpha value is -7.00. The van der Waals surface area contributed by atoms with Crippen LogP contribution >= 0.6 is 0 Å². The van der Waals surface area contributed by atoms with Gasteiger partial charge in [-0.15, -0.1) is 0 Å². The molecule has 7 fully saturated rings. The van der Waals surface area contributed by atoms with E-state index in [-0.39, 0.29) is 62.5 Å². The minimum absolute atomic E-state index is 0.0195. The zero-order chi connectivity index (χ0) is 48.7. The summed E-state index contributed by atoms with van der Waals surface area (Å²) in [4.78, 5) is 156. The lowest BCUT2D eigenvalue weighted by molar-refractivity contribution is -0.177. The van der Waals surface area contributed by atoms with Crippen LogP contribution in [0.1, 0.15) is 95.5 Å². The van der Waals surface area contributed by atoms with Gasteiger partial charge in [0.2, 0.25) is 0 Å². The fourth-order valence-electron chi connectivity index (χ4n) is 13.9. The Morgan fingerprint density at radius 1 is 0.478 bits per heavy atom. The SMILES string of the molecule is O=C(OC(=O)C12CC1C1CC(C(=O)O)C(C(=O)O)CC1CC2C(=O)O)C1=Cc2cc(C(=O)O)c(C(=O)O)cc2C2CC12C(=O)OC(=O)C12CC1C1CC(C(=O)O)C(C(=O)O)CC1CC2C(=O)O. The topological polar surface area (TPSA) is 385 Å². The number of hydrogen-bond donors (Lipinski definition) is 8. The minimum Gasteiger partial charge on any atom is -0.481 e. The highest BCUT2D eigenvalue weighted by Crippen LogP contribution is 2.74. The third-order valence-electron chi connectivity index (χ3n) is 17.2. The Balaban J connectivity index is 1.03. The second-order valence-corrected chi connectivity index (χ2v) is 19.8. The average Bonchev–Trinajstić information content (AvgIpc) is 4.16. The van der Waals surface area contributed by atoms with Crippen LogP contribution in [0.2, 0.25) is 0 Å². The van der Waals surface area contributed by atoms with Crippen molar-refractivity contribution in [3.8, 4) is 0 Å². The van der Waals surface area contributed by atoms with Crippen LogP contribution in [0, 0.1) is 87.3 Å². The van der Waals surface area contributed by atoms with Gasteiger partial charge in [0, 0.05) is 5.92 Å². The lowest BCUT2D eigenvalue weighted by Gasteiger charge is -2.44. The molecule has 7 saturated carbocycles. The lowest BCUT2D eigenvalue weighted by Crippen LogP contribution is -2.49. The molecule has 16 atom stereocenters. The van der Waals surface area contributed by atoms with Crippen molar-refractivity contribution in [2.45, 2.75) is 63.7 Å². The van der Waals surface area contributed by atoms with Crippen LogP contribution in [-0.2, 0) is 57.4 Å². The molecule has 8 N–H and O–H groups in total. The summed E-state index contributed by atoms with van der Waals surface area (Å²) in [6.45, 7) is 0. The van der Waals surface area contributed by atoms with Gasteiger partial charge in [0.1, 0.15) is 5.41 Å². The molecule has 8 aliphatic rings. The number of rotatable bonds is 12. The molecule has 0 saturated heterocycles. The van der Waals surface area contributed by atoms with Crippen molar-refractivity contribution in [2.75, 3.05) is 0 Å². The molecular formula is C45H42O22. The predicted molar refractivity (Wildman–Crippen MR) is 210 cm³/mol. The summed E-state index contributed by atoms with van der Waals surface area (Å²) in [6, 6.07) is 1.87. The zero-order valence-electron chi connectivity index (χ0n) is 34.9. The van der Waals surface area contributed by atoms with Crippen molar-refractivity contribution >= 4 is 77.7 Å². The van der Waals surface area contributed by atoms with Gasteiger partial charge in [-0.05, 0) is 123 Å². The largest absolute Gasteiger partial charge is 0.481 e. The van der Waals surface area contributed by atoms with Crippen molar-refractivity contribution in [2.24, 2.45) is 87.3 Å². The van der Waals surface area contributed by atoms with Crippen LogP contribution in [0.4, 0.5) is 0 Å². The Bertz CT molecular complexity index is 2610. The molecule has 0 bridgehead atoms. The highest BCUT2D eigenvalue weighted by atomic mass is 16.6. The number of hydrogen-bond acceptors (Lipinski definition) is 14. The van der Waals surface area contributed by atoms with Crippen LogP contribution < -0.4 is 0 Å². The molecule has 354 valence electrons. The number of carbonyl (C=O) groups is 12. The number of carboxylic acid groups (broad SMARTS) is 8. The summed E-state index contributed by atoms with van der Waals surface area (Å²) >= 11 is 0. The van der Waals surface area contributed by atoms with Gasteiger partial charge in [-0.3, -0.25) is 43.2 Å². The fourth-order valence-corrected chi connectivity index (χ4v) is 13.9. The molecular weight excluding hydrogens is 892 g/mol. The zero-order valence-corrected chi connectivity index (χ0v) is 34.9. The molecule has 67 heavy (non-hydrogen) atoms. The number of carboxylic acids is 8. The summed E-state index contributed by atoms with van der Waals surface area (Å²) in [5, 5.41) is 79.8. The fraction of sp³-hybridized carbons (Fsp3) is 0.556. The van der Waals surface area contributed by atoms with E-state index in [1.807, 2.05) is 0 Å². The van der Waals surface area contributed by atoms with Crippen LogP contribution in [0.15, 0.2) is 17.7 Å². The van der Waals surface area contributed by atoms with Crippen LogP contribution in [-0.4, -0.2) is 112 Å². The van der Waals surface area contributed by atoms with E-state index >= 15 is 0 Å². The molecule has 1 aromatic carbocycles. The van der Waals surface area contributed by atoms with Crippen molar-refractivity contribution < 1.29 is 108 Å². The molecule has 8 aliphatic carbocycles. The average molecular weight is 935 g/mol. The molecule has 16 unspecified atom stereocenters. The van der Waals surface area contributed by atoms with Crippen LogP contribution in [0.3, 0.4) is 0 Å². The smallest absolute Gasteiger partial charge is 0.342 e. The van der Waals surface area contributed by atoms with Crippen LogP contribution in [0.5, 0.6) is 0 Å². The van der Waals surface area contributed by atoms with E-state index < -0.39 is 188 Å². The van der Waals surface area contributed by atoms with Gasteiger partial charge in [0.25, 0.3) is 0 Å². The Morgan fingerprint density at radius 3 is 1.31 bits per heavy atom. The predicted octanol–water partition coefficient (Wildman–Crippen LogP) is 2.17. The van der Waals surface area contributed by atoms with Gasteiger partial charge in [0.15, 0.2) is 0 Å². The van der Waals surface area contributed by atoms with E-state index in [1.54, 1.807) is 0 Å². The number of esters is 4. The number of fused-ring (bicyclic) bond motifs is 9. The van der Waals surface area contributed by atoms with Gasteiger partial charge in [-0.2, -0.15) is 0 Å². The maximum absolute atomic E-state index is 14.6. The normalized spacial score (nSPS) is 38.9. The molecule has 22 heteroatoms. The molecule has 0 spiro atoms. The first-order chi connectivity index (χ1) is 31.4. The van der Waals surface area contributed by atoms with Gasteiger partial charge < -0.3 is 50.3 Å². The van der Waals surface area contributed by atoms with Crippen molar-refractivity contribution in [3.63, 3.8) is 0 Å². The highest BCUT2D eigenvalue weighted by Gasteiger charge is 2.77. The number of aliphatic carboxylic acids is 6. The molecule has 0 aromatic heterocycles. The first kappa shape index (κ1) is 45.2. The molecule has 0 heterocycles. The van der Waals surface area contributed by atoms with E-state index in [9.17, 15) is 98.4 Å². The summed E-state index contributed by atoms with van der Waals surface area (Å²) in [5.74, 6) is -31.3. The van der Waals surface area contributed by atoms with Crippen molar-refractivity contribution in [1.82, 2.24) is 0 Å². The third-order valence-corrected chi connectivity index (χ3v) is 17.2. The summed E-state index contributed by atoms with van der Waals surface area (Å²) in [5.41, 5.74) is -8.19. The number of aromatic carboxylic acids is 2. The van der Waals surface area contributed by atoms with Crippen molar-refractivity contribution in [1.29, 1.82) is 0 Å². The maximum atomic E-state index is 14.6. The molecule has 0 radical (unpaired) electrons. The second kappa shape index (κ2) is 15.0. The monoisotopic (exact) mass is 934 g/mol. The van der Waals surface area contributed by atoms with E-state index in [1.165, 1.54) is 0 Å². The molecule has 9 rings (SSSR count). The lowest BCUT2D eigenvalue weighted by atomic mass is 9.58. The van der Waals surface area contributed by atoms with E-state index in [0.717, 1.165) is 18.2 Å². The Labute approximate surface area is 375 Å².